The Balaban J connectivity index is 2.06. The Kier molecular flexibility index (Phi) is 10.8. The quantitative estimate of drug-likeness (QED) is 0.253. The van der Waals surface area contributed by atoms with E-state index in [1.165, 1.54) is 18.7 Å². The Hall–Kier alpha value is -1.77. The molecule has 0 spiro atoms. The molecule has 0 aliphatic heterocycles. The normalized spacial score (nSPS) is 12.9. The number of hydrogen-bond donors (Lipinski definition) is 3. The molecule has 0 radical (unpaired) electrons. The van der Waals surface area contributed by atoms with E-state index in [0.717, 1.165) is 31.7 Å². The SMILES string of the molecule is CCCCCCCCOc1ccc(-c2ccc(C(N)COP(O)O)nc2)cc1C(F)(F)F. The Morgan fingerprint density at radius 1 is 1.03 bits per heavy atom. The van der Waals surface area contributed by atoms with Gasteiger partial charge in [0, 0.05) is 11.8 Å². The van der Waals surface area contributed by atoms with E-state index in [4.69, 9.17) is 20.3 Å². The highest BCUT2D eigenvalue weighted by Gasteiger charge is 2.34. The lowest BCUT2D eigenvalue weighted by atomic mass is 10.0. The fraction of sp³-hybridized carbons (Fsp3) is 0.500. The van der Waals surface area contributed by atoms with E-state index in [1.54, 1.807) is 18.2 Å². The minimum Gasteiger partial charge on any atom is -0.493 e. The van der Waals surface area contributed by atoms with Crippen molar-refractivity contribution in [3.8, 4) is 16.9 Å². The largest absolute Gasteiger partial charge is 0.493 e. The molecule has 1 heterocycles. The lowest BCUT2D eigenvalue weighted by Crippen LogP contribution is -2.17. The van der Waals surface area contributed by atoms with Gasteiger partial charge in [-0.1, -0.05) is 51.2 Å². The Labute approximate surface area is 187 Å². The molecular formula is C22H30F3N2O4P. The van der Waals surface area contributed by atoms with Crippen molar-refractivity contribution in [2.24, 2.45) is 5.73 Å². The van der Waals surface area contributed by atoms with Crippen LogP contribution in [0.25, 0.3) is 11.1 Å². The second-order valence-electron chi connectivity index (χ2n) is 7.45. The molecule has 4 N–H and O–H groups in total. The molecule has 32 heavy (non-hydrogen) atoms. The van der Waals surface area contributed by atoms with Crippen molar-refractivity contribution < 1.29 is 32.2 Å². The van der Waals surface area contributed by atoms with E-state index < -0.39 is 26.4 Å². The summed E-state index contributed by atoms with van der Waals surface area (Å²) in [5, 5.41) is 0. The molecule has 10 heteroatoms. The van der Waals surface area contributed by atoms with Gasteiger partial charge in [0.25, 0.3) is 0 Å². The first-order valence-corrected chi connectivity index (χ1v) is 11.8. The summed E-state index contributed by atoms with van der Waals surface area (Å²) in [4.78, 5) is 21.7. The van der Waals surface area contributed by atoms with Crippen molar-refractivity contribution in [2.75, 3.05) is 13.2 Å². The molecule has 0 fully saturated rings. The topological polar surface area (TPSA) is 97.8 Å². The first-order valence-electron chi connectivity index (χ1n) is 10.6. The zero-order valence-corrected chi connectivity index (χ0v) is 18.9. The highest BCUT2D eigenvalue weighted by atomic mass is 31.2. The maximum atomic E-state index is 13.6. The predicted octanol–water partition coefficient (Wildman–Crippen LogP) is 5.73. The maximum absolute atomic E-state index is 13.6. The van der Waals surface area contributed by atoms with E-state index in [1.807, 2.05) is 0 Å². The van der Waals surface area contributed by atoms with Crippen LogP contribution in [-0.2, 0) is 10.7 Å². The van der Waals surface area contributed by atoms with Gasteiger partial charge in [0.1, 0.15) is 5.75 Å². The summed E-state index contributed by atoms with van der Waals surface area (Å²) in [6.07, 6.45) is 3.02. The molecule has 1 unspecified atom stereocenters. The summed E-state index contributed by atoms with van der Waals surface area (Å²) < 4.78 is 51.0. The van der Waals surface area contributed by atoms with Crippen molar-refractivity contribution in [3.05, 3.63) is 47.8 Å². The molecule has 0 saturated carbocycles. The fourth-order valence-corrected chi connectivity index (χ4v) is 3.44. The van der Waals surface area contributed by atoms with E-state index in [0.29, 0.717) is 23.2 Å². The third-order valence-corrected chi connectivity index (χ3v) is 5.29. The average Bonchev–Trinajstić information content (AvgIpc) is 2.76. The third kappa shape index (κ3) is 8.64. The highest BCUT2D eigenvalue weighted by Crippen LogP contribution is 2.39. The molecule has 0 aliphatic carbocycles. The molecule has 1 atom stereocenters. The number of nitrogens with two attached hydrogens (primary N) is 1. The number of pyridine rings is 1. The number of aromatic nitrogens is 1. The number of benzene rings is 1. The number of nitrogens with zero attached hydrogens (tertiary/aromatic N) is 1. The van der Waals surface area contributed by atoms with Gasteiger partial charge in [-0.05, 0) is 30.2 Å². The van der Waals surface area contributed by atoms with Gasteiger partial charge in [0.2, 0.25) is 0 Å². The second-order valence-corrected chi connectivity index (χ2v) is 8.22. The fourth-order valence-electron chi connectivity index (χ4n) is 3.15. The van der Waals surface area contributed by atoms with Crippen LogP contribution in [0.1, 0.15) is 62.7 Å². The summed E-state index contributed by atoms with van der Waals surface area (Å²) in [5.74, 6) is -0.178. The minimum atomic E-state index is -4.55. The first kappa shape index (κ1) is 26.5. The number of unbranched alkanes of at least 4 members (excludes halogenated alkanes) is 5. The van der Waals surface area contributed by atoms with Gasteiger partial charge in [-0.2, -0.15) is 13.2 Å². The van der Waals surface area contributed by atoms with Gasteiger partial charge < -0.3 is 24.8 Å². The zero-order chi connectivity index (χ0) is 23.6. The number of halogens is 3. The Bertz CT molecular complexity index is 820. The van der Waals surface area contributed by atoms with Crippen LogP contribution in [-0.4, -0.2) is 28.0 Å². The van der Waals surface area contributed by atoms with E-state index in [9.17, 15) is 13.2 Å². The molecular weight excluding hydrogens is 444 g/mol. The maximum Gasteiger partial charge on any atom is 0.419 e. The van der Waals surface area contributed by atoms with Crippen molar-refractivity contribution in [2.45, 2.75) is 57.7 Å². The molecule has 178 valence electrons. The van der Waals surface area contributed by atoms with Crippen molar-refractivity contribution in [1.82, 2.24) is 4.98 Å². The number of hydrogen-bond acceptors (Lipinski definition) is 6. The molecule has 6 nitrogen and oxygen atoms in total. The van der Waals surface area contributed by atoms with E-state index >= 15 is 0 Å². The van der Waals surface area contributed by atoms with Crippen LogP contribution in [0.15, 0.2) is 36.5 Å². The van der Waals surface area contributed by atoms with Gasteiger partial charge >= 0.3 is 14.8 Å². The van der Waals surface area contributed by atoms with Crippen molar-refractivity contribution in [3.63, 3.8) is 0 Å². The number of ether oxygens (including phenoxy) is 1. The monoisotopic (exact) mass is 474 g/mol. The first-order chi connectivity index (χ1) is 15.2. The van der Waals surface area contributed by atoms with E-state index in [2.05, 4.69) is 16.4 Å². The summed E-state index contributed by atoms with van der Waals surface area (Å²) in [5.41, 5.74) is 6.29. The van der Waals surface area contributed by atoms with Crippen LogP contribution in [0.3, 0.4) is 0 Å². The summed E-state index contributed by atoms with van der Waals surface area (Å²) in [6.45, 7) is 2.23. The molecule has 0 bridgehead atoms. The van der Waals surface area contributed by atoms with Crippen LogP contribution in [0.2, 0.25) is 0 Å². The molecule has 1 aromatic carbocycles. The zero-order valence-electron chi connectivity index (χ0n) is 18.0. The predicted molar refractivity (Wildman–Crippen MR) is 118 cm³/mol. The van der Waals surface area contributed by atoms with Crippen LogP contribution < -0.4 is 10.5 Å². The minimum absolute atomic E-state index is 0.145. The van der Waals surface area contributed by atoms with E-state index in [-0.39, 0.29) is 19.0 Å². The molecule has 0 amide bonds. The Morgan fingerprint density at radius 3 is 2.34 bits per heavy atom. The molecule has 2 aromatic rings. The summed E-state index contributed by atoms with van der Waals surface area (Å²) in [6, 6.07) is 6.44. The van der Waals surface area contributed by atoms with Crippen molar-refractivity contribution in [1.29, 1.82) is 0 Å². The lowest BCUT2D eigenvalue weighted by Gasteiger charge is -2.16. The van der Waals surface area contributed by atoms with Crippen LogP contribution in [0, 0.1) is 0 Å². The lowest BCUT2D eigenvalue weighted by molar-refractivity contribution is -0.138. The second kappa shape index (κ2) is 13.1. The molecule has 0 saturated heterocycles. The summed E-state index contributed by atoms with van der Waals surface area (Å²) in [7, 11) is -2.52. The van der Waals surface area contributed by atoms with Crippen molar-refractivity contribution >= 4 is 8.60 Å². The molecule has 1 aromatic heterocycles. The van der Waals surface area contributed by atoms with Gasteiger partial charge in [0.15, 0.2) is 0 Å². The van der Waals surface area contributed by atoms with Gasteiger partial charge in [-0.3, -0.25) is 4.98 Å². The van der Waals surface area contributed by atoms with Crippen LogP contribution in [0.5, 0.6) is 5.75 Å². The van der Waals surface area contributed by atoms with Crippen LogP contribution in [0.4, 0.5) is 13.2 Å². The van der Waals surface area contributed by atoms with Gasteiger partial charge in [0.05, 0.1) is 30.5 Å². The number of alkyl halides is 3. The summed E-state index contributed by atoms with van der Waals surface area (Å²) >= 11 is 0. The number of rotatable bonds is 13. The van der Waals surface area contributed by atoms with Gasteiger partial charge in [-0.15, -0.1) is 0 Å². The molecule has 0 aliphatic rings. The third-order valence-electron chi connectivity index (χ3n) is 4.91. The molecule has 2 rings (SSSR count). The van der Waals surface area contributed by atoms with Crippen LogP contribution >= 0.6 is 8.60 Å². The standard InChI is InChI=1S/C22H30F3N2O4P/c1-2-3-4-5-6-7-12-30-21-11-9-16(13-18(21)22(23,24)25)17-8-10-20(27-14-17)19(26)15-31-32(28)29/h8-11,13-14,19,28-29H,2-7,12,15,26H2,1H3. The smallest absolute Gasteiger partial charge is 0.419 e. The van der Waals surface area contributed by atoms with Gasteiger partial charge in [-0.25, -0.2) is 0 Å². The highest BCUT2D eigenvalue weighted by molar-refractivity contribution is 7.39. The Morgan fingerprint density at radius 2 is 1.72 bits per heavy atom. The average molecular weight is 474 g/mol.